The van der Waals surface area contributed by atoms with Gasteiger partial charge in [0.05, 0.1) is 11.1 Å². The van der Waals surface area contributed by atoms with Crippen LogP contribution < -0.4 is 0 Å². The number of rotatable bonds is 4. The fraction of sp³-hybridized carbons (Fsp3) is 0.565. The molecule has 6 heteroatoms. The molecule has 1 heterocycles. The Morgan fingerprint density at radius 3 is 2.62 bits per heavy atom. The lowest BCUT2D eigenvalue weighted by Crippen LogP contribution is -2.60. The molecule has 5 unspecified atom stereocenters. The number of hydrogen-bond donors (Lipinski definition) is 1. The molecule has 6 nitrogen and oxygen atoms in total. The van der Waals surface area contributed by atoms with Crippen LogP contribution in [0.4, 0.5) is 0 Å². The van der Waals surface area contributed by atoms with Gasteiger partial charge in [0.15, 0.2) is 0 Å². The Morgan fingerprint density at radius 1 is 1.24 bits per heavy atom. The zero-order valence-corrected chi connectivity index (χ0v) is 17.1. The van der Waals surface area contributed by atoms with Gasteiger partial charge in [-0.15, -0.1) is 0 Å². The predicted molar refractivity (Wildman–Crippen MR) is 105 cm³/mol. The highest BCUT2D eigenvalue weighted by molar-refractivity contribution is 5.94. The van der Waals surface area contributed by atoms with Crippen LogP contribution in [0.15, 0.2) is 41.5 Å². The van der Waals surface area contributed by atoms with Gasteiger partial charge in [-0.05, 0) is 41.4 Å². The van der Waals surface area contributed by atoms with Gasteiger partial charge in [-0.1, -0.05) is 38.5 Å². The summed E-state index contributed by atoms with van der Waals surface area (Å²) in [5.41, 5.74) is 0.994. The van der Waals surface area contributed by atoms with Gasteiger partial charge in [-0.2, -0.15) is 0 Å². The Kier molecular flexibility index (Phi) is 5.03. The van der Waals surface area contributed by atoms with Crippen LogP contribution in [0.3, 0.4) is 0 Å². The van der Waals surface area contributed by atoms with Gasteiger partial charge in [0.2, 0.25) is 0 Å². The van der Waals surface area contributed by atoms with Crippen LogP contribution in [0, 0.1) is 16.7 Å². The van der Waals surface area contributed by atoms with E-state index in [0.717, 1.165) is 24.8 Å². The van der Waals surface area contributed by atoms with Crippen molar-refractivity contribution in [1.29, 1.82) is 0 Å². The smallest absolute Gasteiger partial charge is 0.338 e. The topological polar surface area (TPSA) is 82.1 Å². The number of aliphatic hydroxyl groups is 1. The molecule has 1 saturated carbocycles. The summed E-state index contributed by atoms with van der Waals surface area (Å²) < 4.78 is 17.2. The summed E-state index contributed by atoms with van der Waals surface area (Å²) in [6.07, 6.45) is 1.18. The Hall–Kier alpha value is -2.18. The summed E-state index contributed by atoms with van der Waals surface area (Å²) in [6.45, 7) is 4.36. The van der Waals surface area contributed by atoms with E-state index in [1.165, 1.54) is 7.11 Å². The quantitative estimate of drug-likeness (QED) is 0.783. The van der Waals surface area contributed by atoms with Crippen LogP contribution in [0.25, 0.3) is 0 Å². The Morgan fingerprint density at radius 2 is 1.97 bits per heavy atom. The van der Waals surface area contributed by atoms with E-state index in [2.05, 4.69) is 6.92 Å². The minimum absolute atomic E-state index is 0.0273. The van der Waals surface area contributed by atoms with Crippen LogP contribution in [0.1, 0.15) is 43.5 Å². The summed E-state index contributed by atoms with van der Waals surface area (Å²) in [5.74, 6) is -1.05. The van der Waals surface area contributed by atoms with E-state index in [0.29, 0.717) is 11.1 Å². The van der Waals surface area contributed by atoms with Crippen molar-refractivity contribution in [2.75, 3.05) is 20.3 Å². The molecule has 0 aromatic heterocycles. The molecule has 1 fully saturated rings. The summed E-state index contributed by atoms with van der Waals surface area (Å²) >= 11 is 0. The van der Waals surface area contributed by atoms with Crippen molar-refractivity contribution in [3.63, 3.8) is 0 Å². The molecule has 0 saturated heterocycles. The molecule has 0 bridgehead atoms. The van der Waals surface area contributed by atoms with E-state index in [9.17, 15) is 14.7 Å². The summed E-state index contributed by atoms with van der Waals surface area (Å²) in [5, 5.41) is 10.3. The molecule has 0 amide bonds. The average molecular weight is 400 g/mol. The molecule has 1 aromatic rings. The van der Waals surface area contributed by atoms with Crippen LogP contribution in [0.2, 0.25) is 0 Å². The van der Waals surface area contributed by atoms with Crippen molar-refractivity contribution in [2.45, 2.75) is 45.3 Å². The van der Waals surface area contributed by atoms with Gasteiger partial charge in [0, 0.05) is 19.6 Å². The molecule has 3 aliphatic rings. The van der Waals surface area contributed by atoms with Crippen LogP contribution >= 0.6 is 0 Å². The van der Waals surface area contributed by atoms with Crippen molar-refractivity contribution in [1.82, 2.24) is 0 Å². The van der Waals surface area contributed by atoms with Crippen molar-refractivity contribution in [3.05, 3.63) is 47.0 Å². The number of aliphatic hydroxyl groups excluding tert-OH is 1. The molecule has 0 spiro atoms. The Balaban J connectivity index is 1.82. The maximum atomic E-state index is 13.0. The molecular weight excluding hydrogens is 372 g/mol. The normalized spacial score (nSPS) is 36.3. The minimum Gasteiger partial charge on any atom is -0.458 e. The highest BCUT2D eigenvalue weighted by Gasteiger charge is 2.63. The van der Waals surface area contributed by atoms with Crippen molar-refractivity contribution in [3.8, 4) is 0 Å². The first-order valence-corrected chi connectivity index (χ1v) is 10.2. The van der Waals surface area contributed by atoms with E-state index in [-0.39, 0.29) is 19.1 Å². The first kappa shape index (κ1) is 20.1. The van der Waals surface area contributed by atoms with Gasteiger partial charge < -0.3 is 19.3 Å². The molecule has 156 valence electrons. The molecule has 1 aliphatic heterocycles. The second-order valence-electron chi connectivity index (χ2n) is 8.92. The molecule has 4 rings (SSSR count). The second-order valence-corrected chi connectivity index (χ2v) is 8.92. The molecular formula is C23H28O6. The Bertz CT molecular complexity index is 846. The van der Waals surface area contributed by atoms with Gasteiger partial charge in [-0.3, -0.25) is 0 Å². The van der Waals surface area contributed by atoms with Gasteiger partial charge >= 0.3 is 11.9 Å². The lowest BCUT2D eigenvalue weighted by molar-refractivity contribution is -0.149. The second kappa shape index (κ2) is 7.26. The number of carbonyl (C=O) groups excluding carboxylic acids is 2. The van der Waals surface area contributed by atoms with Crippen LogP contribution in [-0.2, 0) is 19.0 Å². The van der Waals surface area contributed by atoms with Crippen molar-refractivity contribution < 1.29 is 28.9 Å². The van der Waals surface area contributed by atoms with Crippen molar-refractivity contribution in [2.24, 2.45) is 16.7 Å². The fourth-order valence-corrected chi connectivity index (χ4v) is 5.88. The standard InChI is InChI=1S/C23H28O6/c1-22(13-24)10-7-11-23(2)15-12-28-21(26)16(15)17(27-3)18(19(22)23)29-20(25)14-8-5-4-6-9-14/h4-6,8-9,17-19,24H,7,10-13H2,1-3H3. The molecule has 1 N–H and O–H groups in total. The maximum absolute atomic E-state index is 13.0. The monoisotopic (exact) mass is 400 g/mol. The lowest BCUT2D eigenvalue weighted by atomic mass is 9.48. The SMILES string of the molecule is COC1C2=C(COC2=O)C2(C)CCCC(C)(CO)C2C1OC(=O)c1ccccc1. The first-order chi connectivity index (χ1) is 13.9. The summed E-state index contributed by atoms with van der Waals surface area (Å²) in [7, 11) is 1.52. The number of methoxy groups -OCH3 is 1. The van der Waals surface area contributed by atoms with Crippen molar-refractivity contribution >= 4 is 11.9 Å². The summed E-state index contributed by atoms with van der Waals surface area (Å²) in [6, 6.07) is 8.80. The predicted octanol–water partition coefficient (Wildman–Crippen LogP) is 2.90. The van der Waals surface area contributed by atoms with E-state index in [4.69, 9.17) is 14.2 Å². The van der Waals surface area contributed by atoms with Gasteiger partial charge in [-0.25, -0.2) is 9.59 Å². The summed E-state index contributed by atoms with van der Waals surface area (Å²) in [4.78, 5) is 25.5. The Labute approximate surface area is 170 Å². The highest BCUT2D eigenvalue weighted by Crippen LogP contribution is 2.61. The number of cyclic esters (lactones) is 1. The number of ether oxygens (including phenoxy) is 3. The zero-order valence-electron chi connectivity index (χ0n) is 17.1. The third-order valence-corrected chi connectivity index (χ3v) is 7.24. The first-order valence-electron chi connectivity index (χ1n) is 10.2. The molecule has 1 aromatic carbocycles. The van der Waals surface area contributed by atoms with E-state index in [1.54, 1.807) is 24.3 Å². The van der Waals surface area contributed by atoms with Crippen LogP contribution in [0.5, 0.6) is 0 Å². The molecule has 2 aliphatic carbocycles. The molecule has 29 heavy (non-hydrogen) atoms. The molecule has 0 radical (unpaired) electrons. The number of benzene rings is 1. The average Bonchev–Trinajstić information content (AvgIpc) is 3.11. The van der Waals surface area contributed by atoms with Crippen LogP contribution in [-0.4, -0.2) is 49.6 Å². The fourth-order valence-electron chi connectivity index (χ4n) is 5.88. The minimum atomic E-state index is -0.713. The van der Waals surface area contributed by atoms with Gasteiger partial charge in [0.25, 0.3) is 0 Å². The maximum Gasteiger partial charge on any atom is 0.338 e. The number of carbonyl (C=O) groups is 2. The lowest BCUT2D eigenvalue weighted by Gasteiger charge is -2.57. The highest BCUT2D eigenvalue weighted by atomic mass is 16.6. The van der Waals surface area contributed by atoms with E-state index >= 15 is 0 Å². The third kappa shape index (κ3) is 3.01. The van der Waals surface area contributed by atoms with Gasteiger partial charge in [0.1, 0.15) is 18.8 Å². The van der Waals surface area contributed by atoms with E-state index < -0.39 is 35.0 Å². The third-order valence-electron chi connectivity index (χ3n) is 7.24. The number of fused-ring (bicyclic) bond motifs is 2. The number of esters is 2. The largest absolute Gasteiger partial charge is 0.458 e. The van der Waals surface area contributed by atoms with E-state index in [1.807, 2.05) is 13.0 Å². The molecule has 5 atom stereocenters. The number of hydrogen-bond acceptors (Lipinski definition) is 6. The zero-order chi connectivity index (χ0) is 20.8.